The molecule has 0 aliphatic rings. The van der Waals surface area contributed by atoms with Crippen LogP contribution in [0.1, 0.15) is 33.1 Å². The Kier molecular flexibility index (Phi) is 6.14. The van der Waals surface area contributed by atoms with Crippen molar-refractivity contribution in [1.29, 1.82) is 0 Å². The first kappa shape index (κ1) is 12.1. The lowest BCUT2D eigenvalue weighted by atomic mass is 9.97. The minimum Gasteiger partial charge on any atom is -0.411 e. The van der Waals surface area contributed by atoms with E-state index in [1.807, 2.05) is 6.92 Å². The van der Waals surface area contributed by atoms with Crippen LogP contribution in [0.3, 0.4) is 0 Å². The van der Waals surface area contributed by atoms with Gasteiger partial charge in [-0.15, -0.1) is 0 Å². The number of oxime groups is 1. The van der Waals surface area contributed by atoms with Crippen LogP contribution in [0.4, 0.5) is 0 Å². The van der Waals surface area contributed by atoms with Crippen molar-refractivity contribution >= 4 is 11.5 Å². The number of carbonyl (C=O) groups excluding carboxylic acids is 1. The van der Waals surface area contributed by atoms with E-state index in [1.165, 1.54) is 6.92 Å². The Morgan fingerprint density at radius 2 is 2.15 bits per heavy atom. The van der Waals surface area contributed by atoms with Crippen molar-refractivity contribution in [3.05, 3.63) is 0 Å². The predicted molar refractivity (Wildman–Crippen MR) is 50.0 cm³/mol. The Bertz CT molecular complexity index is 189. The Labute approximate surface area is 78.3 Å². The molecule has 0 rings (SSSR count). The standard InChI is InChI=1S/C9H17NO3/c1-7(4-3-5-11)6-9(10-13)8(2)12/h7,11,13H,3-6H2,1-2H3/b10-9-. The van der Waals surface area contributed by atoms with E-state index in [-0.39, 0.29) is 24.0 Å². The van der Waals surface area contributed by atoms with Gasteiger partial charge in [0, 0.05) is 13.5 Å². The number of hydrogen-bond donors (Lipinski definition) is 2. The molecule has 1 atom stereocenters. The summed E-state index contributed by atoms with van der Waals surface area (Å²) in [4.78, 5) is 10.8. The quantitative estimate of drug-likeness (QED) is 0.373. The van der Waals surface area contributed by atoms with Gasteiger partial charge in [0.25, 0.3) is 0 Å². The second-order valence-electron chi connectivity index (χ2n) is 3.28. The van der Waals surface area contributed by atoms with Crippen LogP contribution in [0.5, 0.6) is 0 Å². The van der Waals surface area contributed by atoms with Crippen LogP contribution in [0.2, 0.25) is 0 Å². The number of Topliss-reactive ketones (excluding diaryl/α,β-unsaturated/α-hetero) is 1. The molecule has 13 heavy (non-hydrogen) atoms. The van der Waals surface area contributed by atoms with Gasteiger partial charge in [-0.05, 0) is 25.2 Å². The van der Waals surface area contributed by atoms with Crippen molar-refractivity contribution in [2.75, 3.05) is 6.61 Å². The molecule has 0 saturated heterocycles. The lowest BCUT2D eigenvalue weighted by molar-refractivity contribution is -0.111. The summed E-state index contributed by atoms with van der Waals surface area (Å²) in [6.07, 6.45) is 2.03. The van der Waals surface area contributed by atoms with Crippen LogP contribution in [0.15, 0.2) is 5.16 Å². The van der Waals surface area contributed by atoms with E-state index in [9.17, 15) is 4.79 Å². The maximum Gasteiger partial charge on any atom is 0.177 e. The molecular formula is C9H17NO3. The van der Waals surface area contributed by atoms with Crippen LogP contribution < -0.4 is 0 Å². The highest BCUT2D eigenvalue weighted by molar-refractivity contribution is 6.38. The van der Waals surface area contributed by atoms with Gasteiger partial charge in [0.1, 0.15) is 5.71 Å². The molecule has 4 nitrogen and oxygen atoms in total. The van der Waals surface area contributed by atoms with Gasteiger partial charge in [0.05, 0.1) is 0 Å². The number of carbonyl (C=O) groups is 1. The maximum atomic E-state index is 10.8. The Hall–Kier alpha value is -0.900. The molecular weight excluding hydrogens is 170 g/mol. The SMILES string of the molecule is CC(=O)/C(CC(C)CCCO)=N\O. The zero-order valence-electron chi connectivity index (χ0n) is 8.16. The number of rotatable bonds is 6. The molecule has 0 radical (unpaired) electrons. The molecule has 0 aliphatic heterocycles. The van der Waals surface area contributed by atoms with Crippen LogP contribution in [0.25, 0.3) is 0 Å². The third kappa shape index (κ3) is 5.36. The second kappa shape index (κ2) is 6.60. The molecule has 0 amide bonds. The summed E-state index contributed by atoms with van der Waals surface area (Å²) >= 11 is 0. The largest absolute Gasteiger partial charge is 0.411 e. The highest BCUT2D eigenvalue weighted by Crippen LogP contribution is 2.11. The van der Waals surface area contributed by atoms with E-state index in [0.717, 1.165) is 12.8 Å². The van der Waals surface area contributed by atoms with Crippen LogP contribution >= 0.6 is 0 Å². The highest BCUT2D eigenvalue weighted by atomic mass is 16.4. The molecule has 0 saturated carbocycles. The Morgan fingerprint density at radius 3 is 2.54 bits per heavy atom. The molecule has 0 bridgehead atoms. The van der Waals surface area contributed by atoms with E-state index in [0.29, 0.717) is 6.42 Å². The summed E-state index contributed by atoms with van der Waals surface area (Å²) in [6.45, 7) is 3.51. The van der Waals surface area contributed by atoms with Crippen molar-refractivity contribution in [1.82, 2.24) is 0 Å². The molecule has 0 aliphatic carbocycles. The molecule has 76 valence electrons. The lowest BCUT2D eigenvalue weighted by Crippen LogP contribution is -2.14. The van der Waals surface area contributed by atoms with Gasteiger partial charge in [-0.3, -0.25) is 4.79 Å². The third-order valence-corrected chi connectivity index (χ3v) is 1.92. The molecule has 0 aromatic heterocycles. The van der Waals surface area contributed by atoms with Crippen molar-refractivity contribution in [2.24, 2.45) is 11.1 Å². The Balaban J connectivity index is 3.88. The van der Waals surface area contributed by atoms with Crippen LogP contribution in [0, 0.1) is 5.92 Å². The van der Waals surface area contributed by atoms with E-state index in [1.54, 1.807) is 0 Å². The minimum absolute atomic E-state index is 0.163. The molecule has 2 N–H and O–H groups in total. The smallest absolute Gasteiger partial charge is 0.177 e. The summed E-state index contributed by atoms with van der Waals surface area (Å²) in [5.41, 5.74) is 0.213. The van der Waals surface area contributed by atoms with Gasteiger partial charge < -0.3 is 10.3 Å². The van der Waals surface area contributed by atoms with E-state index in [2.05, 4.69) is 5.16 Å². The number of ketones is 1. The first-order valence-electron chi connectivity index (χ1n) is 4.44. The average molecular weight is 187 g/mol. The number of hydrogen-bond acceptors (Lipinski definition) is 4. The molecule has 0 aromatic rings. The maximum absolute atomic E-state index is 10.8. The number of nitrogens with zero attached hydrogens (tertiary/aromatic N) is 1. The Morgan fingerprint density at radius 1 is 1.54 bits per heavy atom. The van der Waals surface area contributed by atoms with Gasteiger partial charge in [0.2, 0.25) is 0 Å². The molecule has 0 aromatic carbocycles. The van der Waals surface area contributed by atoms with E-state index < -0.39 is 0 Å². The summed E-state index contributed by atoms with van der Waals surface area (Å²) in [7, 11) is 0. The van der Waals surface area contributed by atoms with Crippen molar-refractivity contribution in [3.63, 3.8) is 0 Å². The normalized spacial score (nSPS) is 14.2. The fourth-order valence-electron chi connectivity index (χ4n) is 1.13. The average Bonchev–Trinajstić information content (AvgIpc) is 2.10. The molecule has 0 heterocycles. The predicted octanol–water partition coefficient (Wildman–Crippen LogP) is 1.20. The minimum atomic E-state index is -0.196. The zero-order chi connectivity index (χ0) is 10.3. The van der Waals surface area contributed by atoms with Gasteiger partial charge in [-0.1, -0.05) is 12.1 Å². The van der Waals surface area contributed by atoms with Gasteiger partial charge in [0.15, 0.2) is 5.78 Å². The van der Waals surface area contributed by atoms with Gasteiger partial charge in [-0.25, -0.2) is 0 Å². The van der Waals surface area contributed by atoms with Gasteiger partial charge in [-0.2, -0.15) is 0 Å². The summed E-state index contributed by atoms with van der Waals surface area (Å²) in [6, 6.07) is 0. The van der Waals surface area contributed by atoms with E-state index in [4.69, 9.17) is 10.3 Å². The van der Waals surface area contributed by atoms with Crippen LogP contribution in [-0.2, 0) is 4.79 Å². The lowest BCUT2D eigenvalue weighted by Gasteiger charge is -2.09. The zero-order valence-corrected chi connectivity index (χ0v) is 8.16. The number of aliphatic hydroxyl groups is 1. The third-order valence-electron chi connectivity index (χ3n) is 1.92. The molecule has 1 unspecified atom stereocenters. The first-order valence-corrected chi connectivity index (χ1v) is 4.44. The topological polar surface area (TPSA) is 69.9 Å². The van der Waals surface area contributed by atoms with Crippen molar-refractivity contribution < 1.29 is 15.1 Å². The molecule has 0 fully saturated rings. The first-order chi connectivity index (χ1) is 6.11. The van der Waals surface area contributed by atoms with Crippen LogP contribution in [-0.4, -0.2) is 28.4 Å². The fourth-order valence-corrected chi connectivity index (χ4v) is 1.13. The van der Waals surface area contributed by atoms with E-state index >= 15 is 0 Å². The monoisotopic (exact) mass is 187 g/mol. The van der Waals surface area contributed by atoms with Gasteiger partial charge >= 0.3 is 0 Å². The van der Waals surface area contributed by atoms with Crippen molar-refractivity contribution in [2.45, 2.75) is 33.1 Å². The second-order valence-corrected chi connectivity index (χ2v) is 3.28. The van der Waals surface area contributed by atoms with Crippen molar-refractivity contribution in [3.8, 4) is 0 Å². The summed E-state index contributed by atoms with van der Waals surface area (Å²) < 4.78 is 0. The molecule has 0 spiro atoms. The molecule has 4 heteroatoms. The number of aliphatic hydroxyl groups excluding tert-OH is 1. The summed E-state index contributed by atoms with van der Waals surface area (Å²) in [5.74, 6) is 0.0697. The summed E-state index contributed by atoms with van der Waals surface area (Å²) in [5, 5.41) is 20.0. The fraction of sp³-hybridized carbons (Fsp3) is 0.778. The highest BCUT2D eigenvalue weighted by Gasteiger charge is 2.11.